The fraction of sp³-hybridized carbons (Fsp3) is 0.238. The van der Waals surface area contributed by atoms with Crippen molar-refractivity contribution in [3.8, 4) is 11.8 Å². The van der Waals surface area contributed by atoms with E-state index in [4.69, 9.17) is 16.3 Å². The van der Waals surface area contributed by atoms with Crippen LogP contribution in [0.1, 0.15) is 5.56 Å². The van der Waals surface area contributed by atoms with Crippen LogP contribution in [0.4, 0.5) is 24.5 Å². The number of ether oxygens (including phenoxy) is 2. The molecule has 31 heavy (non-hydrogen) atoms. The molecule has 2 aromatic rings. The average Bonchev–Trinajstić information content (AvgIpc) is 2.73. The molecular weight excluding hydrogens is 435 g/mol. The topological polar surface area (TPSA) is 74.6 Å². The van der Waals surface area contributed by atoms with E-state index < -0.39 is 18.0 Å². The zero-order valence-electron chi connectivity index (χ0n) is 16.1. The SMILES string of the molecule is N#C/C(=C\c1ccc(OC(F)(F)F)cc1)C(=O)Nc1cc(Cl)ccc1N1CCOCC1. The highest BCUT2D eigenvalue weighted by molar-refractivity contribution is 6.31. The Bertz CT molecular complexity index is 1010. The summed E-state index contributed by atoms with van der Waals surface area (Å²) >= 11 is 6.08. The maximum absolute atomic E-state index is 12.7. The molecule has 1 fully saturated rings. The first-order valence-corrected chi connectivity index (χ1v) is 9.54. The molecule has 1 amide bonds. The molecule has 0 atom stereocenters. The van der Waals surface area contributed by atoms with Gasteiger partial charge in [0.25, 0.3) is 5.91 Å². The third kappa shape index (κ3) is 6.38. The van der Waals surface area contributed by atoms with Crippen LogP contribution in [0.2, 0.25) is 5.02 Å². The van der Waals surface area contributed by atoms with E-state index in [-0.39, 0.29) is 5.57 Å². The van der Waals surface area contributed by atoms with Gasteiger partial charge in [0.2, 0.25) is 0 Å². The number of hydrogen-bond acceptors (Lipinski definition) is 5. The van der Waals surface area contributed by atoms with E-state index in [1.165, 1.54) is 18.2 Å². The summed E-state index contributed by atoms with van der Waals surface area (Å²) in [6.07, 6.45) is -3.53. The molecule has 0 saturated carbocycles. The zero-order chi connectivity index (χ0) is 22.4. The Balaban J connectivity index is 1.79. The largest absolute Gasteiger partial charge is 0.573 e. The van der Waals surface area contributed by atoms with Gasteiger partial charge in [-0.05, 0) is 42.0 Å². The first-order valence-electron chi connectivity index (χ1n) is 9.16. The highest BCUT2D eigenvalue weighted by atomic mass is 35.5. The summed E-state index contributed by atoms with van der Waals surface area (Å²) in [5.41, 5.74) is 1.32. The molecule has 0 unspecified atom stereocenters. The zero-order valence-corrected chi connectivity index (χ0v) is 16.8. The van der Waals surface area contributed by atoms with Crippen LogP contribution in [0.15, 0.2) is 48.0 Å². The number of benzene rings is 2. The number of hydrogen-bond donors (Lipinski definition) is 1. The number of carbonyl (C=O) groups is 1. The van der Waals surface area contributed by atoms with Crippen molar-refractivity contribution in [1.29, 1.82) is 5.26 Å². The number of carbonyl (C=O) groups excluding carboxylic acids is 1. The Morgan fingerprint density at radius 3 is 2.48 bits per heavy atom. The normalized spacial score (nSPS) is 14.7. The molecule has 1 aliphatic rings. The molecule has 0 spiro atoms. The lowest BCUT2D eigenvalue weighted by atomic mass is 10.1. The molecular formula is C21H17ClF3N3O3. The Morgan fingerprint density at radius 1 is 1.19 bits per heavy atom. The number of amides is 1. The number of morpholine rings is 1. The van der Waals surface area contributed by atoms with Crippen molar-refractivity contribution in [2.24, 2.45) is 0 Å². The fourth-order valence-electron chi connectivity index (χ4n) is 2.96. The Labute approximate surface area is 181 Å². The second-order valence-corrected chi connectivity index (χ2v) is 6.94. The Kier molecular flexibility index (Phi) is 7.05. The monoisotopic (exact) mass is 451 g/mol. The van der Waals surface area contributed by atoms with Gasteiger partial charge in [-0.3, -0.25) is 4.79 Å². The van der Waals surface area contributed by atoms with Crippen LogP contribution in [-0.2, 0) is 9.53 Å². The van der Waals surface area contributed by atoms with Gasteiger partial charge in [0.15, 0.2) is 0 Å². The van der Waals surface area contributed by atoms with Gasteiger partial charge in [0, 0.05) is 18.1 Å². The number of anilines is 2. The molecule has 6 nitrogen and oxygen atoms in total. The van der Waals surface area contributed by atoms with E-state index in [2.05, 4.69) is 10.1 Å². The molecule has 10 heteroatoms. The van der Waals surface area contributed by atoms with Crippen LogP contribution in [0.5, 0.6) is 5.75 Å². The molecule has 3 rings (SSSR count). The summed E-state index contributed by atoms with van der Waals surface area (Å²) < 4.78 is 45.9. The molecule has 2 aromatic carbocycles. The van der Waals surface area contributed by atoms with Crippen LogP contribution in [-0.4, -0.2) is 38.6 Å². The molecule has 1 aliphatic heterocycles. The highest BCUT2D eigenvalue weighted by Gasteiger charge is 2.31. The first-order chi connectivity index (χ1) is 14.7. The van der Waals surface area contributed by atoms with Gasteiger partial charge in [-0.25, -0.2) is 0 Å². The minimum Gasteiger partial charge on any atom is -0.406 e. The molecule has 1 heterocycles. The van der Waals surface area contributed by atoms with E-state index in [1.807, 2.05) is 11.0 Å². The van der Waals surface area contributed by atoms with Gasteiger partial charge in [0.1, 0.15) is 17.4 Å². The molecule has 0 aromatic heterocycles. The number of nitrogens with one attached hydrogen (secondary N) is 1. The second kappa shape index (κ2) is 9.73. The van der Waals surface area contributed by atoms with Crippen molar-refractivity contribution in [3.05, 3.63) is 58.6 Å². The molecule has 1 saturated heterocycles. The minimum absolute atomic E-state index is 0.225. The number of rotatable bonds is 5. The van der Waals surface area contributed by atoms with Gasteiger partial charge in [-0.1, -0.05) is 23.7 Å². The third-order valence-electron chi connectivity index (χ3n) is 4.35. The first kappa shape index (κ1) is 22.5. The minimum atomic E-state index is -4.80. The number of nitriles is 1. The summed E-state index contributed by atoms with van der Waals surface area (Å²) in [6, 6.07) is 11.7. The van der Waals surface area contributed by atoms with Crippen molar-refractivity contribution < 1.29 is 27.4 Å². The van der Waals surface area contributed by atoms with Crippen LogP contribution >= 0.6 is 11.6 Å². The van der Waals surface area contributed by atoms with Crippen LogP contribution in [0.3, 0.4) is 0 Å². The van der Waals surface area contributed by atoms with Gasteiger partial charge in [0.05, 0.1) is 24.6 Å². The van der Waals surface area contributed by atoms with Crippen molar-refractivity contribution in [2.45, 2.75) is 6.36 Å². The number of alkyl halides is 3. The van der Waals surface area contributed by atoms with Gasteiger partial charge >= 0.3 is 6.36 Å². The fourth-order valence-corrected chi connectivity index (χ4v) is 3.13. The van der Waals surface area contributed by atoms with Gasteiger partial charge in [-0.2, -0.15) is 5.26 Å². The van der Waals surface area contributed by atoms with Crippen molar-refractivity contribution in [3.63, 3.8) is 0 Å². The van der Waals surface area contributed by atoms with Crippen molar-refractivity contribution >= 4 is 35.0 Å². The molecule has 162 valence electrons. The van der Waals surface area contributed by atoms with Gasteiger partial charge in [-0.15, -0.1) is 13.2 Å². The summed E-state index contributed by atoms with van der Waals surface area (Å²) in [4.78, 5) is 14.7. The molecule has 0 bridgehead atoms. The van der Waals surface area contributed by atoms with Crippen LogP contribution in [0.25, 0.3) is 6.08 Å². The summed E-state index contributed by atoms with van der Waals surface area (Å²) in [6.45, 7) is 2.37. The quantitative estimate of drug-likeness (QED) is 0.530. The van der Waals surface area contributed by atoms with Crippen LogP contribution in [0, 0.1) is 11.3 Å². The van der Waals surface area contributed by atoms with E-state index in [1.54, 1.807) is 18.2 Å². The Morgan fingerprint density at radius 2 is 1.87 bits per heavy atom. The lowest BCUT2D eigenvalue weighted by Gasteiger charge is -2.30. The average molecular weight is 452 g/mol. The highest BCUT2D eigenvalue weighted by Crippen LogP contribution is 2.30. The predicted molar refractivity (Wildman–Crippen MR) is 110 cm³/mol. The standard InChI is InChI=1S/C21H17ClF3N3O3/c22-16-3-6-19(28-7-9-30-10-8-28)18(12-16)27-20(29)15(13-26)11-14-1-4-17(5-2-14)31-21(23,24)25/h1-6,11-12H,7-10H2,(H,27,29)/b15-11+. The lowest BCUT2D eigenvalue weighted by Crippen LogP contribution is -2.36. The van der Waals surface area contributed by atoms with Gasteiger partial charge < -0.3 is 19.7 Å². The number of halogens is 4. The molecule has 0 aliphatic carbocycles. The maximum Gasteiger partial charge on any atom is 0.573 e. The maximum atomic E-state index is 12.7. The van der Waals surface area contributed by atoms with Crippen molar-refractivity contribution in [2.75, 3.05) is 36.5 Å². The van der Waals surface area contributed by atoms with E-state index in [0.717, 1.165) is 17.8 Å². The smallest absolute Gasteiger partial charge is 0.406 e. The Hall–Kier alpha value is -3.22. The molecule has 1 N–H and O–H groups in total. The van der Waals surface area contributed by atoms with E-state index >= 15 is 0 Å². The third-order valence-corrected chi connectivity index (χ3v) is 4.58. The number of nitrogens with zero attached hydrogens (tertiary/aromatic N) is 2. The summed E-state index contributed by atoms with van der Waals surface area (Å²) in [5.74, 6) is -1.07. The molecule has 0 radical (unpaired) electrons. The summed E-state index contributed by atoms with van der Waals surface area (Å²) in [5, 5.41) is 12.5. The summed E-state index contributed by atoms with van der Waals surface area (Å²) in [7, 11) is 0. The van der Waals surface area contributed by atoms with E-state index in [9.17, 15) is 23.2 Å². The second-order valence-electron chi connectivity index (χ2n) is 6.50. The van der Waals surface area contributed by atoms with E-state index in [0.29, 0.717) is 42.6 Å². The van der Waals surface area contributed by atoms with Crippen molar-refractivity contribution in [1.82, 2.24) is 0 Å². The predicted octanol–water partition coefficient (Wildman–Crippen LogP) is 4.62. The lowest BCUT2D eigenvalue weighted by molar-refractivity contribution is -0.274. The van der Waals surface area contributed by atoms with Crippen LogP contribution < -0.4 is 15.0 Å².